The second kappa shape index (κ2) is 9.18. The van der Waals surface area contributed by atoms with E-state index in [1.807, 2.05) is 12.1 Å². The molecule has 0 N–H and O–H groups in total. The van der Waals surface area contributed by atoms with Crippen LogP contribution in [0.3, 0.4) is 0 Å². The van der Waals surface area contributed by atoms with E-state index < -0.39 is 11.8 Å². The third-order valence-corrected chi connectivity index (χ3v) is 4.67. The van der Waals surface area contributed by atoms with Gasteiger partial charge in [0, 0.05) is 5.38 Å². The van der Waals surface area contributed by atoms with Crippen molar-refractivity contribution in [3.63, 3.8) is 0 Å². The zero-order valence-corrected chi connectivity index (χ0v) is 16.1. The van der Waals surface area contributed by atoms with Gasteiger partial charge in [0.05, 0.1) is 25.5 Å². The molecule has 3 rings (SSSR count). The Bertz CT molecular complexity index is 959. The fourth-order valence-corrected chi connectivity index (χ4v) is 3.27. The molecule has 0 aliphatic rings. The number of hydrogen-bond acceptors (Lipinski definition) is 7. The van der Waals surface area contributed by atoms with E-state index in [0.29, 0.717) is 22.2 Å². The number of esters is 1. The molecular formula is C20H18FNO5S. The molecule has 0 aliphatic carbocycles. The summed E-state index contributed by atoms with van der Waals surface area (Å²) in [5.41, 5.74) is 1.37. The Morgan fingerprint density at radius 1 is 1.07 bits per heavy atom. The lowest BCUT2D eigenvalue weighted by molar-refractivity contribution is -0.147. The van der Waals surface area contributed by atoms with Crippen LogP contribution >= 0.6 is 11.3 Å². The summed E-state index contributed by atoms with van der Waals surface area (Å²) < 4.78 is 34.4. The van der Waals surface area contributed by atoms with E-state index in [2.05, 4.69) is 4.98 Å². The van der Waals surface area contributed by atoms with Gasteiger partial charge in [-0.25, -0.2) is 14.2 Å². The van der Waals surface area contributed by atoms with Crippen LogP contribution in [0.5, 0.6) is 17.2 Å². The van der Waals surface area contributed by atoms with E-state index in [1.54, 1.807) is 31.7 Å². The van der Waals surface area contributed by atoms with Crippen LogP contribution in [0.2, 0.25) is 0 Å². The van der Waals surface area contributed by atoms with Gasteiger partial charge in [-0.1, -0.05) is 18.2 Å². The molecule has 1 heterocycles. The molecule has 0 fully saturated rings. The molecule has 28 heavy (non-hydrogen) atoms. The SMILES string of the molecule is COc1cccc(-c2nc(COC(=O)COc3ccccc3F)cs2)c1OC. The minimum absolute atomic E-state index is 0.000476. The Balaban J connectivity index is 1.59. The van der Waals surface area contributed by atoms with Gasteiger partial charge in [0.2, 0.25) is 0 Å². The third-order valence-electron chi connectivity index (χ3n) is 3.75. The molecule has 0 bridgehead atoms. The summed E-state index contributed by atoms with van der Waals surface area (Å²) in [4.78, 5) is 16.3. The number of thiazole rings is 1. The lowest BCUT2D eigenvalue weighted by Crippen LogP contribution is -2.15. The summed E-state index contributed by atoms with van der Waals surface area (Å²) in [5, 5.41) is 2.50. The number of aromatic nitrogens is 1. The van der Waals surface area contributed by atoms with E-state index >= 15 is 0 Å². The maximum atomic E-state index is 13.5. The first-order chi connectivity index (χ1) is 13.6. The number of para-hydroxylation sites is 2. The van der Waals surface area contributed by atoms with Crippen LogP contribution in [0.4, 0.5) is 4.39 Å². The fourth-order valence-electron chi connectivity index (χ4n) is 2.45. The highest BCUT2D eigenvalue weighted by Crippen LogP contribution is 2.39. The molecule has 0 atom stereocenters. The van der Waals surface area contributed by atoms with Gasteiger partial charge in [-0.2, -0.15) is 0 Å². The molecule has 6 nitrogen and oxygen atoms in total. The molecule has 8 heteroatoms. The van der Waals surface area contributed by atoms with Crippen LogP contribution in [0.15, 0.2) is 47.8 Å². The van der Waals surface area contributed by atoms with Crippen molar-refractivity contribution in [2.75, 3.05) is 20.8 Å². The summed E-state index contributed by atoms with van der Waals surface area (Å²) in [6, 6.07) is 11.4. The van der Waals surface area contributed by atoms with E-state index in [-0.39, 0.29) is 19.0 Å². The molecule has 0 amide bonds. The predicted octanol–water partition coefficient (Wildman–Crippen LogP) is 4.09. The summed E-state index contributed by atoms with van der Waals surface area (Å²) >= 11 is 1.40. The van der Waals surface area contributed by atoms with Gasteiger partial charge in [-0.15, -0.1) is 11.3 Å². The second-order valence-corrected chi connectivity index (χ2v) is 6.42. The monoisotopic (exact) mass is 403 g/mol. The predicted molar refractivity (Wildman–Crippen MR) is 102 cm³/mol. The van der Waals surface area contributed by atoms with Crippen molar-refractivity contribution in [3.05, 3.63) is 59.4 Å². The molecule has 0 unspecified atom stereocenters. The Morgan fingerprint density at radius 3 is 2.61 bits per heavy atom. The van der Waals surface area contributed by atoms with E-state index in [0.717, 1.165) is 5.56 Å². The third kappa shape index (κ3) is 4.58. The number of methoxy groups -OCH3 is 2. The number of nitrogens with zero attached hydrogens (tertiary/aromatic N) is 1. The van der Waals surface area contributed by atoms with E-state index in [1.165, 1.54) is 29.5 Å². The number of rotatable bonds is 8. The zero-order chi connectivity index (χ0) is 19.9. The first-order valence-corrected chi connectivity index (χ1v) is 9.19. The minimum atomic E-state index is -0.614. The van der Waals surface area contributed by atoms with Gasteiger partial charge < -0.3 is 18.9 Å². The molecule has 3 aromatic rings. The molecule has 0 saturated carbocycles. The lowest BCUT2D eigenvalue weighted by Gasteiger charge is -2.10. The first kappa shape index (κ1) is 19.6. The van der Waals surface area contributed by atoms with Crippen LogP contribution in [0.1, 0.15) is 5.69 Å². The normalized spacial score (nSPS) is 10.4. The van der Waals surface area contributed by atoms with Gasteiger partial charge in [-0.05, 0) is 24.3 Å². The molecule has 0 aliphatic heterocycles. The van der Waals surface area contributed by atoms with Gasteiger partial charge in [-0.3, -0.25) is 0 Å². The van der Waals surface area contributed by atoms with Gasteiger partial charge in [0.25, 0.3) is 0 Å². The molecule has 0 spiro atoms. The molecule has 0 radical (unpaired) electrons. The standard InChI is InChI=1S/C20H18FNO5S/c1-24-17-9-5-6-14(19(17)25-2)20-22-13(12-28-20)10-27-18(23)11-26-16-8-4-3-7-15(16)21/h3-9,12H,10-11H2,1-2H3. The lowest BCUT2D eigenvalue weighted by atomic mass is 10.2. The highest BCUT2D eigenvalue weighted by molar-refractivity contribution is 7.13. The number of hydrogen-bond donors (Lipinski definition) is 0. The summed E-state index contributed by atoms with van der Waals surface area (Å²) in [6.45, 7) is -0.399. The highest BCUT2D eigenvalue weighted by Gasteiger charge is 2.15. The van der Waals surface area contributed by atoms with Gasteiger partial charge in [0.1, 0.15) is 11.6 Å². The second-order valence-electron chi connectivity index (χ2n) is 5.56. The Kier molecular flexibility index (Phi) is 6.44. The number of halogens is 1. The maximum Gasteiger partial charge on any atom is 0.344 e. The largest absolute Gasteiger partial charge is 0.493 e. The van der Waals surface area contributed by atoms with Crippen LogP contribution in [0.25, 0.3) is 10.6 Å². The molecule has 1 aromatic heterocycles. The van der Waals surface area contributed by atoms with Crippen molar-refractivity contribution in [2.24, 2.45) is 0 Å². The van der Waals surface area contributed by atoms with Crippen molar-refractivity contribution in [3.8, 4) is 27.8 Å². The smallest absolute Gasteiger partial charge is 0.344 e. The fraction of sp³-hybridized carbons (Fsp3) is 0.200. The molecule has 146 valence electrons. The summed E-state index contributed by atoms with van der Waals surface area (Å²) in [7, 11) is 3.13. The quantitative estimate of drug-likeness (QED) is 0.528. The van der Waals surface area contributed by atoms with Crippen molar-refractivity contribution >= 4 is 17.3 Å². The van der Waals surface area contributed by atoms with Crippen LogP contribution < -0.4 is 14.2 Å². The minimum Gasteiger partial charge on any atom is -0.493 e. The van der Waals surface area contributed by atoms with Gasteiger partial charge in [0.15, 0.2) is 29.7 Å². The van der Waals surface area contributed by atoms with Gasteiger partial charge >= 0.3 is 5.97 Å². The Morgan fingerprint density at radius 2 is 1.86 bits per heavy atom. The summed E-state index contributed by atoms with van der Waals surface area (Å²) in [5.74, 6) is 0.0404. The maximum absolute atomic E-state index is 13.5. The highest BCUT2D eigenvalue weighted by atomic mass is 32.1. The van der Waals surface area contributed by atoms with Crippen molar-refractivity contribution in [1.29, 1.82) is 0 Å². The number of carbonyl (C=O) groups is 1. The van der Waals surface area contributed by atoms with Crippen LogP contribution in [0, 0.1) is 5.82 Å². The van der Waals surface area contributed by atoms with Crippen LogP contribution in [-0.2, 0) is 16.1 Å². The van der Waals surface area contributed by atoms with Crippen molar-refractivity contribution in [1.82, 2.24) is 4.98 Å². The number of ether oxygens (including phenoxy) is 4. The first-order valence-electron chi connectivity index (χ1n) is 8.31. The average Bonchev–Trinajstić information content (AvgIpc) is 3.19. The average molecular weight is 403 g/mol. The van der Waals surface area contributed by atoms with Crippen LogP contribution in [-0.4, -0.2) is 31.8 Å². The molecule has 2 aromatic carbocycles. The molecule has 0 saturated heterocycles. The Labute approximate surface area is 165 Å². The number of benzene rings is 2. The van der Waals surface area contributed by atoms with Crippen molar-refractivity contribution < 1.29 is 28.1 Å². The van der Waals surface area contributed by atoms with E-state index in [4.69, 9.17) is 18.9 Å². The molecular weight excluding hydrogens is 385 g/mol. The Hall–Kier alpha value is -3.13. The summed E-state index contributed by atoms with van der Waals surface area (Å²) in [6.07, 6.45) is 0. The van der Waals surface area contributed by atoms with Crippen molar-refractivity contribution in [2.45, 2.75) is 6.61 Å². The topological polar surface area (TPSA) is 66.9 Å². The van der Waals surface area contributed by atoms with E-state index in [9.17, 15) is 9.18 Å². The zero-order valence-electron chi connectivity index (χ0n) is 15.3. The number of carbonyl (C=O) groups excluding carboxylic acids is 1.